The number of alkyl halides is 3. The number of nitrogen functional groups attached to an aromatic ring is 1. The van der Waals surface area contributed by atoms with Crippen LogP contribution >= 0.6 is 11.3 Å². The van der Waals surface area contributed by atoms with Crippen LogP contribution in [0.4, 0.5) is 30.4 Å². The quantitative estimate of drug-likeness (QED) is 0.267. The summed E-state index contributed by atoms with van der Waals surface area (Å²) in [7, 11) is 0. The average Bonchev–Trinajstić information content (AvgIpc) is 3.40. The van der Waals surface area contributed by atoms with Gasteiger partial charge in [0, 0.05) is 55.0 Å². The average molecular weight is 598 g/mol. The van der Waals surface area contributed by atoms with Gasteiger partial charge in [0.25, 0.3) is 11.8 Å². The van der Waals surface area contributed by atoms with Gasteiger partial charge in [0.1, 0.15) is 12.1 Å². The normalized spacial score (nSPS) is 14.7. The first-order chi connectivity index (χ1) is 20.0. The number of carbonyl (C=O) groups excluding carboxylic acids is 2. The Hall–Kier alpha value is -4.07. The molecule has 220 valence electrons. The van der Waals surface area contributed by atoms with E-state index in [1.54, 1.807) is 30.5 Å². The number of aromatic nitrogens is 2. The summed E-state index contributed by atoms with van der Waals surface area (Å²) in [5, 5.41) is 7.11. The van der Waals surface area contributed by atoms with Crippen LogP contribution in [0.15, 0.2) is 48.1 Å². The Morgan fingerprint density at radius 2 is 1.74 bits per heavy atom. The van der Waals surface area contributed by atoms with Gasteiger partial charge in [-0.2, -0.15) is 13.2 Å². The molecule has 1 fully saturated rings. The fourth-order valence-corrected chi connectivity index (χ4v) is 5.78. The first-order valence-electron chi connectivity index (χ1n) is 13.4. The monoisotopic (exact) mass is 597 g/mol. The number of benzene rings is 2. The lowest BCUT2D eigenvalue weighted by Gasteiger charge is -2.34. The Bertz CT molecular complexity index is 1630. The largest absolute Gasteiger partial charge is 0.416 e. The third kappa shape index (κ3) is 6.37. The van der Waals surface area contributed by atoms with Gasteiger partial charge >= 0.3 is 6.18 Å². The lowest BCUT2D eigenvalue weighted by molar-refractivity contribution is -0.138. The second-order valence-corrected chi connectivity index (χ2v) is 11.0. The fraction of sp³-hybridized carbons (Fsp3) is 0.310. The Morgan fingerprint density at radius 3 is 2.45 bits per heavy atom. The molecule has 3 heterocycles. The molecule has 4 N–H and O–H groups in total. The number of thiophene rings is 1. The number of nitrogens with zero attached hydrogens (tertiary/aromatic N) is 4. The number of hydrogen-bond acceptors (Lipinski definition) is 8. The van der Waals surface area contributed by atoms with Crippen LogP contribution in [0.1, 0.15) is 44.3 Å². The zero-order chi connectivity index (χ0) is 30.0. The van der Waals surface area contributed by atoms with Gasteiger partial charge in [-0.1, -0.05) is 19.1 Å². The number of carbonyl (C=O) groups is 2. The third-order valence-corrected chi connectivity index (χ3v) is 8.34. The number of amides is 2. The van der Waals surface area contributed by atoms with Crippen molar-refractivity contribution in [3.63, 3.8) is 0 Å². The van der Waals surface area contributed by atoms with Crippen LogP contribution in [-0.2, 0) is 12.7 Å². The minimum atomic E-state index is -4.61. The molecule has 0 saturated carbocycles. The number of fused-ring (bicyclic) bond motifs is 1. The number of nitrogens with one attached hydrogen (secondary N) is 2. The maximum atomic E-state index is 14.0. The van der Waals surface area contributed by atoms with E-state index in [9.17, 15) is 22.8 Å². The van der Waals surface area contributed by atoms with Crippen molar-refractivity contribution in [1.82, 2.24) is 19.8 Å². The number of nitrogens with two attached hydrogens (primary N) is 1. The van der Waals surface area contributed by atoms with Crippen molar-refractivity contribution in [2.24, 2.45) is 0 Å². The molecule has 0 bridgehead atoms. The summed E-state index contributed by atoms with van der Waals surface area (Å²) in [6, 6.07) is 8.56. The van der Waals surface area contributed by atoms with Crippen molar-refractivity contribution in [3.05, 3.63) is 75.9 Å². The van der Waals surface area contributed by atoms with E-state index in [-0.39, 0.29) is 23.5 Å². The fourth-order valence-electron chi connectivity index (χ4n) is 4.88. The molecule has 9 nitrogen and oxygen atoms in total. The van der Waals surface area contributed by atoms with E-state index in [1.165, 1.54) is 29.8 Å². The Balaban J connectivity index is 1.31. The minimum absolute atomic E-state index is 0.116. The topological polar surface area (TPSA) is 116 Å². The molecule has 0 atom stereocenters. The summed E-state index contributed by atoms with van der Waals surface area (Å²) in [6.07, 6.45) is -3.33. The molecule has 0 aliphatic carbocycles. The van der Waals surface area contributed by atoms with Crippen molar-refractivity contribution >= 4 is 50.6 Å². The molecule has 1 aliphatic heterocycles. The molecule has 0 radical (unpaired) electrons. The van der Waals surface area contributed by atoms with Crippen LogP contribution in [0.3, 0.4) is 0 Å². The highest BCUT2D eigenvalue weighted by Gasteiger charge is 2.34. The molecular weight excluding hydrogens is 567 g/mol. The number of halogens is 3. The molecular formula is C29H30F3N7O2S. The van der Waals surface area contributed by atoms with Gasteiger partial charge in [-0.3, -0.25) is 14.5 Å². The van der Waals surface area contributed by atoms with Crippen LogP contribution in [0, 0.1) is 6.92 Å². The zero-order valence-corrected chi connectivity index (χ0v) is 23.9. The molecule has 4 aromatic rings. The lowest BCUT2D eigenvalue weighted by Crippen LogP contribution is -2.45. The van der Waals surface area contributed by atoms with Gasteiger partial charge < -0.3 is 21.3 Å². The van der Waals surface area contributed by atoms with Gasteiger partial charge in [0.05, 0.1) is 21.3 Å². The SMILES string of the molecule is CCN1CCN(Cc2ccc(C(=O)Nc3ccc(C)c(NC(=O)c4csc5c(N)ncnc45)c3)cc2C(F)(F)F)CC1. The number of hydrogen-bond donors (Lipinski definition) is 3. The van der Waals surface area contributed by atoms with Crippen molar-refractivity contribution in [2.75, 3.05) is 49.1 Å². The summed E-state index contributed by atoms with van der Waals surface area (Å²) in [6.45, 7) is 7.91. The summed E-state index contributed by atoms with van der Waals surface area (Å²) in [4.78, 5) is 38.4. The van der Waals surface area contributed by atoms with E-state index >= 15 is 0 Å². The Morgan fingerprint density at radius 1 is 1.00 bits per heavy atom. The van der Waals surface area contributed by atoms with Crippen molar-refractivity contribution in [2.45, 2.75) is 26.6 Å². The molecule has 0 spiro atoms. The van der Waals surface area contributed by atoms with Crippen molar-refractivity contribution in [1.29, 1.82) is 0 Å². The maximum Gasteiger partial charge on any atom is 0.416 e. The standard InChI is InChI=1S/C29H30F3N7O2S/c1-3-38-8-10-39(11-9-38)14-19-6-5-18(12-22(19)29(30,31)32)27(40)36-20-7-4-17(2)23(13-20)37-28(41)21-15-42-25-24(21)34-16-35-26(25)33/h4-7,12-13,15-16H,3,8-11,14H2,1-2H3,(H,36,40)(H,37,41)(H2,33,34,35). The molecule has 2 amide bonds. The van der Waals surface area contributed by atoms with E-state index in [0.717, 1.165) is 31.3 Å². The summed E-state index contributed by atoms with van der Waals surface area (Å²) >= 11 is 1.25. The van der Waals surface area contributed by atoms with Gasteiger partial charge in [-0.05, 0) is 48.9 Å². The Labute approximate surface area is 244 Å². The predicted molar refractivity (Wildman–Crippen MR) is 158 cm³/mol. The van der Waals surface area contributed by atoms with Crippen LogP contribution in [-0.4, -0.2) is 64.3 Å². The number of piperazine rings is 1. The first-order valence-corrected chi connectivity index (χ1v) is 14.3. The molecule has 1 aliphatic rings. The third-order valence-electron chi connectivity index (χ3n) is 7.35. The molecule has 13 heteroatoms. The van der Waals surface area contributed by atoms with Gasteiger partial charge in [0.2, 0.25) is 0 Å². The smallest absolute Gasteiger partial charge is 0.382 e. The number of rotatable bonds is 7. The number of likely N-dealkylation sites (N-methyl/N-ethyl adjacent to an activating group) is 1. The summed E-state index contributed by atoms with van der Waals surface area (Å²) in [5.41, 5.74) is 7.29. The highest BCUT2D eigenvalue weighted by atomic mass is 32.1. The van der Waals surface area contributed by atoms with E-state index in [0.29, 0.717) is 40.2 Å². The first kappa shape index (κ1) is 29.4. The summed E-state index contributed by atoms with van der Waals surface area (Å²) in [5.74, 6) is -0.838. The Kier molecular flexibility index (Phi) is 8.43. The van der Waals surface area contributed by atoms with Crippen LogP contribution in [0.25, 0.3) is 10.2 Å². The molecule has 2 aromatic carbocycles. The van der Waals surface area contributed by atoms with Gasteiger partial charge in [-0.15, -0.1) is 11.3 Å². The predicted octanol–water partition coefficient (Wildman–Crippen LogP) is 5.24. The van der Waals surface area contributed by atoms with Crippen LogP contribution < -0.4 is 16.4 Å². The van der Waals surface area contributed by atoms with Crippen molar-refractivity contribution < 1.29 is 22.8 Å². The summed E-state index contributed by atoms with van der Waals surface area (Å²) < 4.78 is 42.7. The second-order valence-electron chi connectivity index (χ2n) is 10.1. The number of aryl methyl sites for hydroxylation is 1. The van der Waals surface area contributed by atoms with Crippen molar-refractivity contribution in [3.8, 4) is 0 Å². The molecule has 42 heavy (non-hydrogen) atoms. The van der Waals surface area contributed by atoms with Gasteiger partial charge in [0.15, 0.2) is 0 Å². The molecule has 0 unspecified atom stereocenters. The highest BCUT2D eigenvalue weighted by molar-refractivity contribution is 7.18. The maximum absolute atomic E-state index is 14.0. The molecule has 5 rings (SSSR count). The van der Waals surface area contributed by atoms with Crippen LogP contribution in [0.5, 0.6) is 0 Å². The minimum Gasteiger partial charge on any atom is -0.382 e. The lowest BCUT2D eigenvalue weighted by atomic mass is 10.0. The zero-order valence-electron chi connectivity index (χ0n) is 23.1. The van der Waals surface area contributed by atoms with Gasteiger partial charge in [-0.25, -0.2) is 9.97 Å². The molecule has 2 aromatic heterocycles. The van der Waals surface area contributed by atoms with E-state index in [4.69, 9.17) is 5.73 Å². The number of anilines is 3. The second kappa shape index (κ2) is 12.0. The highest BCUT2D eigenvalue weighted by Crippen LogP contribution is 2.34. The van der Waals surface area contributed by atoms with E-state index in [1.807, 2.05) is 4.90 Å². The van der Waals surface area contributed by atoms with Crippen LogP contribution in [0.2, 0.25) is 0 Å². The molecule has 1 saturated heterocycles. The van der Waals surface area contributed by atoms with E-state index < -0.39 is 23.6 Å². The van der Waals surface area contributed by atoms with E-state index in [2.05, 4.69) is 32.4 Å².